The molecule has 0 heterocycles. The third kappa shape index (κ3) is 4.09. The lowest BCUT2D eigenvalue weighted by atomic mass is 9.88. The predicted octanol–water partition coefficient (Wildman–Crippen LogP) is 0.943. The maximum absolute atomic E-state index is 11.1. The molecule has 0 aromatic rings. The Morgan fingerprint density at radius 2 is 1.86 bits per heavy atom. The second kappa shape index (κ2) is 5.34. The van der Waals surface area contributed by atoms with E-state index in [2.05, 4.69) is 0 Å². The molecule has 4 nitrogen and oxygen atoms in total. The summed E-state index contributed by atoms with van der Waals surface area (Å²) in [5.41, 5.74) is 0. The lowest BCUT2D eigenvalue weighted by Gasteiger charge is -2.20. The Balaban J connectivity index is 2.28. The minimum atomic E-state index is -3.40. The van der Waals surface area contributed by atoms with Crippen LogP contribution in [0.4, 0.5) is 0 Å². The van der Waals surface area contributed by atoms with Crippen LogP contribution in [-0.4, -0.2) is 20.6 Å². The lowest BCUT2D eigenvalue weighted by Crippen LogP contribution is -2.26. The predicted molar refractivity (Wildman–Crippen MR) is 53.8 cm³/mol. The van der Waals surface area contributed by atoms with Gasteiger partial charge in [0.25, 0.3) is 0 Å². The average Bonchev–Trinajstić information content (AvgIpc) is 2.17. The van der Waals surface area contributed by atoms with E-state index in [1.54, 1.807) is 4.72 Å². The van der Waals surface area contributed by atoms with Gasteiger partial charge in [0, 0.05) is 0 Å². The van der Waals surface area contributed by atoms with E-state index < -0.39 is 10.0 Å². The van der Waals surface area contributed by atoms with Crippen molar-refractivity contribution in [2.24, 2.45) is 5.92 Å². The molecule has 1 radical (unpaired) electrons. The summed E-state index contributed by atoms with van der Waals surface area (Å²) < 4.78 is 23.9. The van der Waals surface area contributed by atoms with Crippen LogP contribution in [0.3, 0.4) is 0 Å². The van der Waals surface area contributed by atoms with Crippen molar-refractivity contribution in [2.75, 3.05) is 5.75 Å². The third-order valence-corrected chi connectivity index (χ3v) is 3.88. The van der Waals surface area contributed by atoms with Crippen molar-refractivity contribution in [2.45, 2.75) is 38.5 Å². The summed E-state index contributed by atoms with van der Waals surface area (Å²) in [6.07, 6.45) is 7.80. The molecule has 0 spiro atoms. The van der Waals surface area contributed by atoms with Gasteiger partial charge in [0.2, 0.25) is 10.0 Å². The van der Waals surface area contributed by atoms with Gasteiger partial charge in [-0.1, -0.05) is 32.1 Å². The molecule has 0 atom stereocenters. The molecule has 1 aliphatic carbocycles. The second-order valence-electron chi connectivity index (χ2n) is 3.82. The van der Waals surface area contributed by atoms with Crippen LogP contribution in [0, 0.1) is 5.92 Å². The van der Waals surface area contributed by atoms with E-state index in [1.165, 1.54) is 25.7 Å². The monoisotopic (exact) mass is 218 g/mol. The van der Waals surface area contributed by atoms with Crippen LogP contribution >= 0.6 is 0 Å². The van der Waals surface area contributed by atoms with Crippen molar-refractivity contribution in [1.82, 2.24) is 4.72 Å². The highest BCUT2D eigenvalue weighted by atomic mass is 32.2. The lowest BCUT2D eigenvalue weighted by molar-refractivity contribution is 0.349. The molecular weight excluding hydrogens is 202 g/mol. The van der Waals surface area contributed by atoms with E-state index in [0.29, 0.717) is 12.3 Å². The van der Waals surface area contributed by atoms with Gasteiger partial charge in [-0.25, -0.2) is 13.1 Å². The Kier molecular flexibility index (Phi) is 4.38. The largest absolute Gasteiger partial charge is 0.323 e. The zero-order chi connectivity index (χ0) is 10.4. The molecule has 0 unspecified atom stereocenters. The number of sulfonamides is 1. The molecule has 0 aromatic carbocycles. The number of hydrogen-bond acceptors (Lipinski definition) is 3. The highest BCUT2D eigenvalue weighted by Crippen LogP contribution is 2.26. The molecular formula is C9H16NO3S. The van der Waals surface area contributed by atoms with Gasteiger partial charge in [-0.3, -0.25) is 4.79 Å². The molecule has 0 aromatic heterocycles. The molecule has 0 aliphatic heterocycles. The maximum Gasteiger partial charge on any atom is 0.323 e. The first-order valence-corrected chi connectivity index (χ1v) is 6.66. The Bertz CT molecular complexity index is 268. The zero-order valence-electron chi connectivity index (χ0n) is 8.16. The van der Waals surface area contributed by atoms with Crippen molar-refractivity contribution < 1.29 is 13.2 Å². The Morgan fingerprint density at radius 3 is 2.43 bits per heavy atom. The summed E-state index contributed by atoms with van der Waals surface area (Å²) in [5, 5.41) is 0. The highest BCUT2D eigenvalue weighted by molar-refractivity contribution is 7.89. The summed E-state index contributed by atoms with van der Waals surface area (Å²) in [7, 11) is -3.40. The summed E-state index contributed by atoms with van der Waals surface area (Å²) in [5.74, 6) is 0.569. The molecule has 1 saturated carbocycles. The normalized spacial score (nSPS) is 19.1. The minimum Gasteiger partial charge on any atom is -0.263 e. The summed E-state index contributed by atoms with van der Waals surface area (Å²) in [4.78, 5) is 9.86. The second-order valence-corrected chi connectivity index (χ2v) is 5.66. The molecule has 1 aliphatic rings. The average molecular weight is 218 g/mol. The standard InChI is InChI=1S/C9H16NO3S/c11-8-10-14(12,13)7-6-9-4-2-1-3-5-9/h9H,1-7H2,(H,10,11). The number of rotatable bonds is 5. The number of nitrogens with one attached hydrogen (secondary N) is 1. The Labute approximate surface area is 85.1 Å². The molecule has 0 bridgehead atoms. The number of hydrogen-bond donors (Lipinski definition) is 1. The highest BCUT2D eigenvalue weighted by Gasteiger charge is 2.17. The van der Waals surface area contributed by atoms with Crippen molar-refractivity contribution in [3.8, 4) is 0 Å². The first kappa shape index (κ1) is 11.5. The van der Waals surface area contributed by atoms with Crippen LogP contribution in [0.5, 0.6) is 0 Å². The van der Waals surface area contributed by atoms with Crippen LogP contribution in [0.1, 0.15) is 38.5 Å². The Hall–Kier alpha value is -0.580. The molecule has 1 fully saturated rings. The van der Waals surface area contributed by atoms with Crippen LogP contribution in [0.25, 0.3) is 0 Å². The fourth-order valence-corrected chi connectivity index (χ4v) is 2.78. The van der Waals surface area contributed by atoms with E-state index in [4.69, 9.17) is 0 Å². The molecule has 5 heteroatoms. The van der Waals surface area contributed by atoms with Crippen molar-refractivity contribution >= 4 is 16.4 Å². The van der Waals surface area contributed by atoms with Crippen LogP contribution < -0.4 is 4.72 Å². The molecule has 1 N–H and O–H groups in total. The maximum atomic E-state index is 11.1. The van der Waals surface area contributed by atoms with Crippen molar-refractivity contribution in [3.63, 3.8) is 0 Å². The quantitative estimate of drug-likeness (QED) is 0.699. The third-order valence-electron chi connectivity index (χ3n) is 2.72. The van der Waals surface area contributed by atoms with E-state index >= 15 is 0 Å². The van der Waals surface area contributed by atoms with Crippen LogP contribution in [-0.2, 0) is 14.8 Å². The Morgan fingerprint density at radius 1 is 1.21 bits per heavy atom. The fraction of sp³-hybridized carbons (Fsp3) is 0.889. The number of carbonyl (C=O) groups excluding carboxylic acids is 1. The molecule has 81 valence electrons. The molecule has 1 rings (SSSR count). The minimum absolute atomic E-state index is 0.0485. The van der Waals surface area contributed by atoms with E-state index in [-0.39, 0.29) is 5.75 Å². The van der Waals surface area contributed by atoms with E-state index in [1.807, 2.05) is 0 Å². The summed E-state index contributed by atoms with van der Waals surface area (Å²) in [6, 6.07) is 0. The first-order valence-electron chi connectivity index (χ1n) is 5.01. The van der Waals surface area contributed by atoms with Gasteiger partial charge in [-0.15, -0.1) is 0 Å². The zero-order valence-corrected chi connectivity index (χ0v) is 8.98. The fourth-order valence-electron chi connectivity index (χ4n) is 1.91. The summed E-state index contributed by atoms with van der Waals surface area (Å²) in [6.45, 7) is 0. The van der Waals surface area contributed by atoms with E-state index in [0.717, 1.165) is 12.8 Å². The van der Waals surface area contributed by atoms with Crippen molar-refractivity contribution in [1.29, 1.82) is 0 Å². The van der Waals surface area contributed by atoms with Gasteiger partial charge in [0.1, 0.15) is 0 Å². The van der Waals surface area contributed by atoms with Gasteiger partial charge < -0.3 is 0 Å². The topological polar surface area (TPSA) is 63.2 Å². The van der Waals surface area contributed by atoms with Gasteiger partial charge in [0.05, 0.1) is 5.75 Å². The van der Waals surface area contributed by atoms with Gasteiger partial charge in [-0.2, -0.15) is 0 Å². The van der Waals surface area contributed by atoms with Gasteiger partial charge >= 0.3 is 6.41 Å². The van der Waals surface area contributed by atoms with Crippen LogP contribution in [0.2, 0.25) is 0 Å². The molecule has 14 heavy (non-hydrogen) atoms. The van der Waals surface area contributed by atoms with Gasteiger partial charge in [-0.05, 0) is 12.3 Å². The smallest absolute Gasteiger partial charge is 0.263 e. The molecule has 1 amide bonds. The summed E-state index contributed by atoms with van der Waals surface area (Å²) >= 11 is 0. The van der Waals surface area contributed by atoms with Crippen LogP contribution in [0.15, 0.2) is 0 Å². The van der Waals surface area contributed by atoms with E-state index in [9.17, 15) is 13.2 Å². The van der Waals surface area contributed by atoms with Gasteiger partial charge in [0.15, 0.2) is 0 Å². The van der Waals surface area contributed by atoms with Crippen molar-refractivity contribution in [3.05, 3.63) is 0 Å². The first-order chi connectivity index (χ1) is 6.64. The number of amides is 1. The molecule has 0 saturated heterocycles. The SMILES string of the molecule is O=[C]NS(=O)(=O)CCC1CCCCC1.